The molecule has 2 aromatic heterocycles. The Morgan fingerprint density at radius 2 is 1.77 bits per heavy atom. The third kappa shape index (κ3) is 3.42. The summed E-state index contributed by atoms with van der Waals surface area (Å²) in [6.45, 7) is 4.40. The molecule has 0 aliphatic carbocycles. The molecule has 9 nitrogen and oxygen atoms in total. The van der Waals surface area contributed by atoms with Gasteiger partial charge in [0, 0.05) is 37.1 Å². The monoisotopic (exact) mass is 416 g/mol. The van der Waals surface area contributed by atoms with Gasteiger partial charge in [-0.05, 0) is 30.3 Å². The van der Waals surface area contributed by atoms with E-state index in [2.05, 4.69) is 36.0 Å². The number of fused-ring (bicyclic) bond motifs is 2. The number of hydrogen-bond acceptors (Lipinski definition) is 9. The summed E-state index contributed by atoms with van der Waals surface area (Å²) in [4.78, 5) is 18.1. The highest BCUT2D eigenvalue weighted by molar-refractivity contribution is 5.89. The fourth-order valence-corrected chi connectivity index (χ4v) is 4.02. The second kappa shape index (κ2) is 7.51. The highest BCUT2D eigenvalue weighted by Gasteiger charge is 2.22. The molecule has 0 N–H and O–H groups in total. The standard InChI is InChI=1S/C22H20N6O3/c1-2-4-17-16(3-1)22(24-13-23-17)28-9-7-27(8-10-28)12-20-25-21(26-31-20)15-5-6-18-19(11-15)30-14-29-18/h1-6,11,13H,7-10,12,14H2. The third-order valence-electron chi connectivity index (χ3n) is 5.65. The van der Waals surface area contributed by atoms with E-state index in [1.54, 1.807) is 6.33 Å². The Kier molecular flexibility index (Phi) is 4.38. The van der Waals surface area contributed by atoms with E-state index in [0.717, 1.165) is 54.2 Å². The molecule has 2 aliphatic rings. The van der Waals surface area contributed by atoms with Crippen LogP contribution in [0, 0.1) is 0 Å². The van der Waals surface area contributed by atoms with E-state index < -0.39 is 0 Å². The number of anilines is 1. The van der Waals surface area contributed by atoms with E-state index in [9.17, 15) is 0 Å². The van der Waals surface area contributed by atoms with E-state index in [1.807, 2.05) is 36.4 Å². The minimum absolute atomic E-state index is 0.243. The predicted octanol–water partition coefficient (Wildman–Crippen LogP) is 2.73. The van der Waals surface area contributed by atoms with Crippen LogP contribution in [-0.4, -0.2) is 58.0 Å². The fourth-order valence-electron chi connectivity index (χ4n) is 4.02. The lowest BCUT2D eigenvalue weighted by Gasteiger charge is -2.35. The van der Waals surface area contributed by atoms with E-state index in [0.29, 0.717) is 24.0 Å². The van der Waals surface area contributed by atoms with Crippen LogP contribution in [0.1, 0.15) is 5.89 Å². The first-order valence-corrected chi connectivity index (χ1v) is 10.2. The molecule has 4 heterocycles. The van der Waals surface area contributed by atoms with E-state index >= 15 is 0 Å². The van der Waals surface area contributed by atoms with Crippen molar-refractivity contribution in [1.82, 2.24) is 25.0 Å². The first-order chi connectivity index (χ1) is 15.3. The van der Waals surface area contributed by atoms with Gasteiger partial charge in [-0.3, -0.25) is 4.90 Å². The first kappa shape index (κ1) is 18.1. The summed E-state index contributed by atoms with van der Waals surface area (Å²) >= 11 is 0. The van der Waals surface area contributed by atoms with Crippen molar-refractivity contribution >= 4 is 16.7 Å². The molecule has 1 saturated heterocycles. The van der Waals surface area contributed by atoms with Crippen molar-refractivity contribution in [2.75, 3.05) is 37.9 Å². The van der Waals surface area contributed by atoms with Crippen LogP contribution in [0.5, 0.6) is 11.5 Å². The van der Waals surface area contributed by atoms with Crippen molar-refractivity contribution in [3.8, 4) is 22.9 Å². The molecule has 31 heavy (non-hydrogen) atoms. The smallest absolute Gasteiger partial charge is 0.241 e. The Morgan fingerprint density at radius 3 is 2.71 bits per heavy atom. The van der Waals surface area contributed by atoms with Crippen molar-refractivity contribution in [3.05, 3.63) is 54.7 Å². The summed E-state index contributed by atoms with van der Waals surface area (Å²) in [6.07, 6.45) is 1.64. The third-order valence-corrected chi connectivity index (χ3v) is 5.65. The van der Waals surface area contributed by atoms with Gasteiger partial charge in [-0.2, -0.15) is 4.98 Å². The van der Waals surface area contributed by atoms with Gasteiger partial charge in [0.25, 0.3) is 0 Å². The molecule has 0 saturated carbocycles. The van der Waals surface area contributed by atoms with E-state index in [1.165, 1.54) is 0 Å². The number of piperazine rings is 1. The van der Waals surface area contributed by atoms with Crippen molar-refractivity contribution in [1.29, 1.82) is 0 Å². The quantitative estimate of drug-likeness (QED) is 0.498. The molecule has 0 radical (unpaired) electrons. The molecule has 0 unspecified atom stereocenters. The van der Waals surface area contributed by atoms with Crippen molar-refractivity contribution in [2.45, 2.75) is 6.54 Å². The summed E-state index contributed by atoms with van der Waals surface area (Å²) in [6, 6.07) is 13.8. The molecule has 0 bridgehead atoms. The molecule has 6 rings (SSSR count). The van der Waals surface area contributed by atoms with Gasteiger partial charge in [0.1, 0.15) is 12.1 Å². The molecule has 2 aromatic carbocycles. The average molecular weight is 416 g/mol. The van der Waals surface area contributed by atoms with Gasteiger partial charge in [-0.1, -0.05) is 17.3 Å². The summed E-state index contributed by atoms with van der Waals surface area (Å²) in [7, 11) is 0. The summed E-state index contributed by atoms with van der Waals surface area (Å²) in [5.41, 5.74) is 1.82. The minimum atomic E-state index is 0.243. The Morgan fingerprint density at radius 1 is 0.903 bits per heavy atom. The first-order valence-electron chi connectivity index (χ1n) is 10.2. The highest BCUT2D eigenvalue weighted by atomic mass is 16.7. The Hall–Kier alpha value is -3.72. The zero-order valence-electron chi connectivity index (χ0n) is 16.8. The number of nitrogens with zero attached hydrogens (tertiary/aromatic N) is 6. The number of para-hydroxylation sites is 1. The normalized spacial score (nSPS) is 16.2. The molecule has 156 valence electrons. The maximum atomic E-state index is 5.50. The van der Waals surface area contributed by atoms with Crippen LogP contribution in [0.25, 0.3) is 22.3 Å². The van der Waals surface area contributed by atoms with Gasteiger partial charge in [0.15, 0.2) is 11.5 Å². The van der Waals surface area contributed by atoms with Gasteiger partial charge < -0.3 is 18.9 Å². The maximum absolute atomic E-state index is 5.50. The van der Waals surface area contributed by atoms with Crippen LogP contribution in [-0.2, 0) is 6.54 Å². The zero-order valence-corrected chi connectivity index (χ0v) is 16.8. The minimum Gasteiger partial charge on any atom is -0.454 e. The molecule has 4 aromatic rings. The molecule has 9 heteroatoms. The number of hydrogen-bond donors (Lipinski definition) is 0. The zero-order chi connectivity index (χ0) is 20.6. The van der Waals surface area contributed by atoms with Gasteiger partial charge in [0.05, 0.1) is 12.1 Å². The lowest BCUT2D eigenvalue weighted by Crippen LogP contribution is -2.46. The van der Waals surface area contributed by atoms with Crippen molar-refractivity contribution in [3.63, 3.8) is 0 Å². The molecule has 0 spiro atoms. The van der Waals surface area contributed by atoms with Crippen LogP contribution >= 0.6 is 0 Å². The largest absolute Gasteiger partial charge is 0.454 e. The Bertz CT molecular complexity index is 1230. The predicted molar refractivity (Wildman–Crippen MR) is 113 cm³/mol. The topological polar surface area (TPSA) is 89.6 Å². The Labute approximate surface area is 178 Å². The molecule has 0 amide bonds. The summed E-state index contributed by atoms with van der Waals surface area (Å²) < 4.78 is 16.3. The molecule has 0 atom stereocenters. The van der Waals surface area contributed by atoms with Gasteiger partial charge in [-0.15, -0.1) is 0 Å². The van der Waals surface area contributed by atoms with E-state index in [4.69, 9.17) is 14.0 Å². The molecular formula is C22H20N6O3. The number of benzene rings is 2. The lowest BCUT2D eigenvalue weighted by molar-refractivity contribution is 0.174. The fraction of sp³-hybridized carbons (Fsp3) is 0.273. The van der Waals surface area contributed by atoms with Crippen LogP contribution in [0.3, 0.4) is 0 Å². The van der Waals surface area contributed by atoms with Gasteiger partial charge in [-0.25, -0.2) is 9.97 Å². The van der Waals surface area contributed by atoms with E-state index in [-0.39, 0.29) is 6.79 Å². The summed E-state index contributed by atoms with van der Waals surface area (Å²) in [5.74, 6) is 3.60. The SMILES string of the molecule is c1ccc2c(N3CCN(Cc4nc(-c5ccc6c(c5)OCO6)no4)CC3)ncnc2c1. The Balaban J connectivity index is 1.12. The summed E-state index contributed by atoms with van der Waals surface area (Å²) in [5, 5.41) is 5.22. The van der Waals surface area contributed by atoms with Crippen molar-refractivity contribution in [2.24, 2.45) is 0 Å². The second-order valence-electron chi connectivity index (χ2n) is 7.56. The van der Waals surface area contributed by atoms with Gasteiger partial charge in [0.2, 0.25) is 18.5 Å². The lowest BCUT2D eigenvalue weighted by atomic mass is 10.2. The molecular weight excluding hydrogens is 396 g/mol. The number of aromatic nitrogens is 4. The van der Waals surface area contributed by atoms with Crippen LogP contribution < -0.4 is 14.4 Å². The average Bonchev–Trinajstić information content (AvgIpc) is 3.48. The van der Waals surface area contributed by atoms with Crippen LogP contribution in [0.4, 0.5) is 5.82 Å². The van der Waals surface area contributed by atoms with Crippen LogP contribution in [0.15, 0.2) is 53.3 Å². The number of ether oxygens (including phenoxy) is 2. The van der Waals surface area contributed by atoms with Crippen LogP contribution in [0.2, 0.25) is 0 Å². The van der Waals surface area contributed by atoms with Gasteiger partial charge >= 0.3 is 0 Å². The highest BCUT2D eigenvalue weighted by Crippen LogP contribution is 2.35. The second-order valence-corrected chi connectivity index (χ2v) is 7.56. The molecule has 2 aliphatic heterocycles. The maximum Gasteiger partial charge on any atom is 0.241 e. The molecule has 1 fully saturated rings. The number of rotatable bonds is 4. The van der Waals surface area contributed by atoms with Crippen molar-refractivity contribution < 1.29 is 14.0 Å².